The normalized spacial score (nSPS) is 11.5. The third-order valence-corrected chi connectivity index (χ3v) is 4.43. The van der Waals surface area contributed by atoms with Crippen LogP contribution in [0.5, 0.6) is 17.2 Å². The molecule has 1 atom stereocenters. The monoisotopic (exact) mass is 408 g/mol. The Kier molecular flexibility index (Phi) is 7.78. The molecular weight excluding hydrogens is 384 g/mol. The molecule has 0 spiro atoms. The Morgan fingerprint density at radius 3 is 2.18 bits per heavy atom. The quantitative estimate of drug-likeness (QED) is 0.664. The molecule has 2 N–H and O–H groups in total. The molecule has 0 fully saturated rings. The number of carbonyl (C=O) groups is 1. The van der Waals surface area contributed by atoms with Crippen molar-refractivity contribution in [3.8, 4) is 17.2 Å². The standard InChI is InChI=1S/C20H25ClN2O5/c1-23(15-7-5-14(21)6-8-15)12-16(24)11-22-20(25)13-9-17(26-2)19(28-4)18(10-13)27-3/h5-10,16,24H,11-12H2,1-4H3,(H,22,25). The van der Waals surface area contributed by atoms with Crippen LogP contribution < -0.4 is 24.4 Å². The first-order valence-electron chi connectivity index (χ1n) is 8.62. The van der Waals surface area contributed by atoms with E-state index in [4.69, 9.17) is 25.8 Å². The summed E-state index contributed by atoms with van der Waals surface area (Å²) in [7, 11) is 6.31. The first kappa shape index (κ1) is 21.7. The van der Waals surface area contributed by atoms with Crippen molar-refractivity contribution in [2.75, 3.05) is 46.4 Å². The van der Waals surface area contributed by atoms with Crippen LogP contribution in [0.25, 0.3) is 0 Å². The fourth-order valence-corrected chi connectivity index (χ4v) is 2.83. The highest BCUT2D eigenvalue weighted by Crippen LogP contribution is 2.38. The largest absolute Gasteiger partial charge is 0.493 e. The van der Waals surface area contributed by atoms with Gasteiger partial charge in [0.15, 0.2) is 11.5 Å². The van der Waals surface area contributed by atoms with Crippen LogP contribution in [0.2, 0.25) is 5.02 Å². The van der Waals surface area contributed by atoms with E-state index in [9.17, 15) is 9.90 Å². The summed E-state index contributed by atoms with van der Waals surface area (Å²) in [5.74, 6) is 0.823. The number of methoxy groups -OCH3 is 3. The van der Waals surface area contributed by atoms with Crippen LogP contribution >= 0.6 is 11.6 Å². The highest BCUT2D eigenvalue weighted by Gasteiger charge is 2.18. The van der Waals surface area contributed by atoms with Crippen molar-refractivity contribution >= 4 is 23.2 Å². The highest BCUT2D eigenvalue weighted by molar-refractivity contribution is 6.30. The SMILES string of the molecule is COc1cc(C(=O)NCC(O)CN(C)c2ccc(Cl)cc2)cc(OC)c1OC. The number of anilines is 1. The lowest BCUT2D eigenvalue weighted by Gasteiger charge is -2.23. The van der Waals surface area contributed by atoms with E-state index in [0.717, 1.165) is 5.69 Å². The van der Waals surface area contributed by atoms with Gasteiger partial charge in [0.25, 0.3) is 5.91 Å². The smallest absolute Gasteiger partial charge is 0.251 e. The molecule has 1 unspecified atom stereocenters. The maximum absolute atomic E-state index is 12.5. The first-order valence-corrected chi connectivity index (χ1v) is 9.00. The summed E-state index contributed by atoms with van der Waals surface area (Å²) < 4.78 is 15.8. The Labute approximate surface area is 169 Å². The van der Waals surface area contributed by atoms with E-state index in [1.807, 2.05) is 24.1 Å². The fourth-order valence-electron chi connectivity index (χ4n) is 2.71. The van der Waals surface area contributed by atoms with Crippen LogP contribution in [-0.2, 0) is 0 Å². The number of carbonyl (C=O) groups excluding carboxylic acids is 1. The van der Waals surface area contributed by atoms with E-state index >= 15 is 0 Å². The second kappa shape index (κ2) is 10.1. The van der Waals surface area contributed by atoms with Gasteiger partial charge in [-0.25, -0.2) is 0 Å². The Hall–Kier alpha value is -2.64. The number of amides is 1. The Morgan fingerprint density at radius 2 is 1.68 bits per heavy atom. The molecule has 0 aromatic heterocycles. The minimum absolute atomic E-state index is 0.0907. The molecule has 0 saturated carbocycles. The third-order valence-electron chi connectivity index (χ3n) is 4.18. The number of aliphatic hydroxyl groups excluding tert-OH is 1. The van der Waals surface area contributed by atoms with Crippen molar-refractivity contribution in [1.82, 2.24) is 5.32 Å². The van der Waals surface area contributed by atoms with Crippen LogP contribution in [0.3, 0.4) is 0 Å². The molecule has 0 saturated heterocycles. The van der Waals surface area contributed by atoms with Gasteiger partial charge in [-0.2, -0.15) is 0 Å². The molecule has 0 bridgehead atoms. The molecule has 28 heavy (non-hydrogen) atoms. The molecule has 0 aliphatic carbocycles. The molecule has 2 rings (SSSR count). The van der Waals surface area contributed by atoms with Gasteiger partial charge >= 0.3 is 0 Å². The zero-order valence-electron chi connectivity index (χ0n) is 16.4. The summed E-state index contributed by atoms with van der Waals surface area (Å²) in [5, 5.41) is 13.6. The number of nitrogens with zero attached hydrogens (tertiary/aromatic N) is 1. The second-order valence-corrected chi connectivity index (χ2v) is 6.57. The summed E-state index contributed by atoms with van der Waals surface area (Å²) in [6.45, 7) is 0.435. The molecule has 2 aromatic rings. The zero-order chi connectivity index (χ0) is 20.7. The number of benzene rings is 2. The number of likely N-dealkylation sites (N-methyl/N-ethyl adjacent to an activating group) is 1. The van der Waals surface area contributed by atoms with E-state index in [1.54, 1.807) is 24.3 Å². The summed E-state index contributed by atoms with van der Waals surface area (Å²) >= 11 is 5.89. The Morgan fingerprint density at radius 1 is 1.11 bits per heavy atom. The van der Waals surface area contributed by atoms with Crippen LogP contribution in [0.15, 0.2) is 36.4 Å². The van der Waals surface area contributed by atoms with Crippen molar-refractivity contribution in [1.29, 1.82) is 0 Å². The van der Waals surface area contributed by atoms with Crippen LogP contribution in [-0.4, -0.2) is 58.6 Å². The second-order valence-electron chi connectivity index (χ2n) is 6.13. The van der Waals surface area contributed by atoms with Crippen LogP contribution in [0.1, 0.15) is 10.4 Å². The Balaban J connectivity index is 1.98. The van der Waals surface area contributed by atoms with Gasteiger partial charge < -0.3 is 29.5 Å². The van der Waals surface area contributed by atoms with E-state index in [1.165, 1.54) is 21.3 Å². The molecule has 8 heteroatoms. The van der Waals surface area contributed by atoms with E-state index in [-0.39, 0.29) is 12.5 Å². The number of rotatable bonds is 9. The molecular formula is C20H25ClN2O5. The lowest BCUT2D eigenvalue weighted by molar-refractivity contribution is 0.0918. The molecule has 7 nitrogen and oxygen atoms in total. The van der Waals surface area contributed by atoms with Gasteiger partial charge in [-0.05, 0) is 36.4 Å². The molecule has 0 heterocycles. The van der Waals surface area contributed by atoms with Gasteiger partial charge in [0, 0.05) is 36.4 Å². The number of hydrogen-bond acceptors (Lipinski definition) is 6. The number of hydrogen-bond donors (Lipinski definition) is 2. The molecule has 1 amide bonds. The number of aliphatic hydroxyl groups is 1. The summed E-state index contributed by atoms with van der Waals surface area (Å²) in [5.41, 5.74) is 1.26. The molecule has 0 radical (unpaired) electrons. The zero-order valence-corrected chi connectivity index (χ0v) is 17.1. The molecule has 2 aromatic carbocycles. The van der Waals surface area contributed by atoms with E-state index in [2.05, 4.69) is 5.32 Å². The molecule has 152 valence electrons. The van der Waals surface area contributed by atoms with Gasteiger partial charge in [0.1, 0.15) is 0 Å². The van der Waals surface area contributed by atoms with Crippen LogP contribution in [0, 0.1) is 0 Å². The van der Waals surface area contributed by atoms with Crippen molar-refractivity contribution in [3.05, 3.63) is 47.0 Å². The minimum atomic E-state index is -0.758. The van der Waals surface area contributed by atoms with Crippen molar-refractivity contribution < 1.29 is 24.1 Å². The van der Waals surface area contributed by atoms with Crippen molar-refractivity contribution in [3.63, 3.8) is 0 Å². The first-order chi connectivity index (χ1) is 13.4. The van der Waals surface area contributed by atoms with E-state index < -0.39 is 6.10 Å². The van der Waals surface area contributed by atoms with Gasteiger partial charge in [-0.15, -0.1) is 0 Å². The van der Waals surface area contributed by atoms with Gasteiger partial charge in [-0.3, -0.25) is 4.79 Å². The predicted molar refractivity (Wildman–Crippen MR) is 109 cm³/mol. The molecule has 0 aliphatic heterocycles. The minimum Gasteiger partial charge on any atom is -0.493 e. The van der Waals surface area contributed by atoms with Crippen molar-refractivity contribution in [2.45, 2.75) is 6.10 Å². The lowest BCUT2D eigenvalue weighted by atomic mass is 10.1. The van der Waals surface area contributed by atoms with Gasteiger partial charge in [-0.1, -0.05) is 11.6 Å². The number of ether oxygens (including phenoxy) is 3. The van der Waals surface area contributed by atoms with Crippen LogP contribution in [0.4, 0.5) is 5.69 Å². The highest BCUT2D eigenvalue weighted by atomic mass is 35.5. The average molecular weight is 409 g/mol. The van der Waals surface area contributed by atoms with E-state index in [0.29, 0.717) is 34.4 Å². The summed E-state index contributed by atoms with van der Waals surface area (Å²) in [6, 6.07) is 10.4. The summed E-state index contributed by atoms with van der Waals surface area (Å²) in [4.78, 5) is 14.4. The van der Waals surface area contributed by atoms with Gasteiger partial charge in [0.2, 0.25) is 5.75 Å². The molecule has 0 aliphatic rings. The van der Waals surface area contributed by atoms with Gasteiger partial charge in [0.05, 0.1) is 27.4 Å². The maximum atomic E-state index is 12.5. The number of halogens is 1. The lowest BCUT2D eigenvalue weighted by Crippen LogP contribution is -2.38. The maximum Gasteiger partial charge on any atom is 0.251 e. The third kappa shape index (κ3) is 5.43. The summed E-state index contributed by atoms with van der Waals surface area (Å²) in [6.07, 6.45) is -0.758. The Bertz CT molecular complexity index is 773. The predicted octanol–water partition coefficient (Wildman–Crippen LogP) is 2.59. The van der Waals surface area contributed by atoms with Crippen molar-refractivity contribution in [2.24, 2.45) is 0 Å². The fraction of sp³-hybridized carbons (Fsp3) is 0.350. The topological polar surface area (TPSA) is 80.3 Å². The number of nitrogens with one attached hydrogen (secondary N) is 1. The average Bonchev–Trinajstić information content (AvgIpc) is 2.71.